The fourth-order valence-corrected chi connectivity index (χ4v) is 5.65. The zero-order valence-corrected chi connectivity index (χ0v) is 17.7. The first kappa shape index (κ1) is 19.2. The van der Waals surface area contributed by atoms with Gasteiger partial charge in [-0.25, -0.2) is 4.79 Å². The number of benzene rings is 1. The molecule has 0 bridgehead atoms. The van der Waals surface area contributed by atoms with E-state index in [4.69, 9.17) is 4.74 Å². The molecule has 0 spiro atoms. The van der Waals surface area contributed by atoms with E-state index in [2.05, 4.69) is 22.4 Å². The average molecular weight is 410 g/mol. The summed E-state index contributed by atoms with van der Waals surface area (Å²) >= 11 is 0. The summed E-state index contributed by atoms with van der Waals surface area (Å²) in [5.74, 6) is 2.60. The first-order chi connectivity index (χ1) is 14.5. The maximum atomic E-state index is 12.9. The quantitative estimate of drug-likeness (QED) is 0.785. The van der Waals surface area contributed by atoms with Crippen LogP contribution in [0, 0.1) is 10.8 Å². The van der Waals surface area contributed by atoms with E-state index in [1.807, 2.05) is 13.0 Å². The number of hydrogen-bond acceptors (Lipinski definition) is 5. The average Bonchev–Trinajstić information content (AvgIpc) is 3.28. The third-order valence-electron chi connectivity index (χ3n) is 7.19. The van der Waals surface area contributed by atoms with Crippen LogP contribution in [-0.2, 0) is 20.0 Å². The Bertz CT molecular complexity index is 1100. The molecule has 1 aliphatic carbocycles. The Morgan fingerprint density at radius 1 is 1.37 bits per heavy atom. The molecule has 30 heavy (non-hydrogen) atoms. The Labute approximate surface area is 175 Å². The monoisotopic (exact) mass is 410 g/mol. The third-order valence-corrected chi connectivity index (χ3v) is 7.19. The van der Waals surface area contributed by atoms with Gasteiger partial charge in [0.05, 0.1) is 7.11 Å². The highest BCUT2D eigenvalue weighted by atomic mass is 16.5. The summed E-state index contributed by atoms with van der Waals surface area (Å²) in [6, 6.07) is 6.22. The number of fused-ring (bicyclic) bond motifs is 4. The van der Waals surface area contributed by atoms with Gasteiger partial charge >= 0.3 is 12.0 Å². The maximum Gasteiger partial charge on any atom is 0.331 e. The molecule has 2 aromatic rings. The van der Waals surface area contributed by atoms with Crippen LogP contribution in [0.25, 0.3) is 0 Å². The summed E-state index contributed by atoms with van der Waals surface area (Å²) < 4.78 is 9.71. The van der Waals surface area contributed by atoms with Crippen molar-refractivity contribution in [1.82, 2.24) is 14.5 Å². The Hall–Kier alpha value is -2.74. The van der Waals surface area contributed by atoms with E-state index in [0.717, 1.165) is 36.3 Å². The fourth-order valence-electron chi connectivity index (χ4n) is 5.65. The van der Waals surface area contributed by atoms with E-state index in [0.29, 0.717) is 29.9 Å². The van der Waals surface area contributed by atoms with Crippen molar-refractivity contribution >= 4 is 12.2 Å². The number of aromatic nitrogens is 2. The van der Waals surface area contributed by atoms with Gasteiger partial charge in [0, 0.05) is 25.6 Å². The number of hydrogen-bond donors (Lipinski definition) is 1. The number of nitroso groups, excluding NO2 is 1. The van der Waals surface area contributed by atoms with Crippen LogP contribution in [0.3, 0.4) is 0 Å². The predicted molar refractivity (Wildman–Crippen MR) is 114 cm³/mol. The fraction of sp³-hybridized carbons (Fsp3) is 0.545. The molecule has 2 unspecified atom stereocenters. The van der Waals surface area contributed by atoms with E-state index in [1.165, 1.54) is 17.5 Å². The molecule has 2 aliphatic heterocycles. The van der Waals surface area contributed by atoms with Gasteiger partial charge in [-0.3, -0.25) is 9.13 Å². The summed E-state index contributed by atoms with van der Waals surface area (Å²) in [5, 5.41) is 3.71. The van der Waals surface area contributed by atoms with Crippen LogP contribution in [0.4, 0.5) is 5.82 Å². The second kappa shape index (κ2) is 7.19. The van der Waals surface area contributed by atoms with E-state index >= 15 is 0 Å². The molecule has 0 radical (unpaired) electrons. The lowest BCUT2D eigenvalue weighted by molar-refractivity contribution is -0.472. The van der Waals surface area contributed by atoms with Crippen molar-refractivity contribution in [3.8, 4) is 5.75 Å². The minimum absolute atomic E-state index is 0.112. The van der Waals surface area contributed by atoms with Crippen LogP contribution in [0.2, 0.25) is 0 Å². The summed E-state index contributed by atoms with van der Waals surface area (Å²) in [6.07, 6.45) is 4.28. The largest absolute Gasteiger partial charge is 0.496 e. The highest BCUT2D eigenvalue weighted by Crippen LogP contribution is 2.45. The first-order valence-electron chi connectivity index (χ1n) is 10.7. The zero-order chi connectivity index (χ0) is 21.0. The van der Waals surface area contributed by atoms with Gasteiger partial charge in [-0.15, -0.1) is 0 Å². The molecule has 3 aliphatic rings. The number of ether oxygens (including phenoxy) is 1. The smallest absolute Gasteiger partial charge is 0.331 e. The Morgan fingerprint density at radius 3 is 3.00 bits per heavy atom. The molecule has 0 amide bonds. The standard InChI is InChI=1S/C22H28N5O3/c1-13-20-21(24-12-27(13)29)25(2)22(28)26(20)10-9-17-19-14(11-23-17)7-8-15-16(19)5-4-6-18(15)30-3/h4-6,12-14,17,19,23H,7-11H2,1-3H3/q+1/t13?,14-,17?,19+/m0/s1. The normalized spacial score (nSPS) is 27.0. The van der Waals surface area contributed by atoms with Crippen LogP contribution < -0.4 is 15.7 Å². The lowest BCUT2D eigenvalue weighted by Crippen LogP contribution is -2.32. The molecule has 1 aromatic carbocycles. The van der Waals surface area contributed by atoms with E-state index in [9.17, 15) is 9.70 Å². The van der Waals surface area contributed by atoms with E-state index in [-0.39, 0.29) is 11.7 Å². The van der Waals surface area contributed by atoms with Gasteiger partial charge in [-0.1, -0.05) is 17.0 Å². The van der Waals surface area contributed by atoms with Gasteiger partial charge < -0.3 is 10.1 Å². The van der Waals surface area contributed by atoms with E-state index < -0.39 is 6.04 Å². The van der Waals surface area contributed by atoms with Crippen molar-refractivity contribution < 1.29 is 9.50 Å². The van der Waals surface area contributed by atoms with Crippen molar-refractivity contribution in [3.63, 3.8) is 0 Å². The molecule has 1 aromatic heterocycles. The molecule has 5 rings (SSSR count). The summed E-state index contributed by atoms with van der Waals surface area (Å²) in [4.78, 5) is 29.2. The first-order valence-corrected chi connectivity index (χ1v) is 10.7. The van der Waals surface area contributed by atoms with Crippen molar-refractivity contribution in [2.24, 2.45) is 18.0 Å². The third kappa shape index (κ3) is 2.77. The number of methoxy groups -OCH3 is 1. The molecule has 3 heterocycles. The second-order valence-corrected chi connectivity index (χ2v) is 8.64. The van der Waals surface area contributed by atoms with Gasteiger partial charge in [0.2, 0.25) is 0 Å². The van der Waals surface area contributed by atoms with Gasteiger partial charge in [0.15, 0.2) is 6.04 Å². The number of nitrogens with zero attached hydrogens (tertiary/aromatic N) is 4. The lowest BCUT2D eigenvalue weighted by atomic mass is 9.73. The zero-order valence-electron chi connectivity index (χ0n) is 17.7. The van der Waals surface area contributed by atoms with Gasteiger partial charge in [0.25, 0.3) is 5.82 Å². The van der Waals surface area contributed by atoms with Gasteiger partial charge in [-0.05, 0) is 65.6 Å². The van der Waals surface area contributed by atoms with Crippen molar-refractivity contribution in [2.45, 2.75) is 50.7 Å². The lowest BCUT2D eigenvalue weighted by Gasteiger charge is -2.32. The highest BCUT2D eigenvalue weighted by molar-refractivity contribution is 5.57. The molecule has 0 saturated carbocycles. The molecule has 4 atom stereocenters. The van der Waals surface area contributed by atoms with Crippen molar-refractivity contribution in [1.29, 1.82) is 0 Å². The van der Waals surface area contributed by atoms with Crippen LogP contribution in [0.5, 0.6) is 5.75 Å². The minimum atomic E-state index is -0.421. The maximum absolute atomic E-state index is 12.9. The van der Waals surface area contributed by atoms with Crippen LogP contribution >= 0.6 is 0 Å². The molecule has 1 N–H and O–H groups in total. The summed E-state index contributed by atoms with van der Waals surface area (Å²) in [5.41, 5.74) is 3.31. The SMILES string of the molecule is COc1cccc2c1CC[C@H]1CNC(CCn3c4c(n(C)c3=O)N=C[N+](=O)C4C)[C@@H]21. The Morgan fingerprint density at radius 2 is 2.20 bits per heavy atom. The molecule has 1 saturated heterocycles. The number of aliphatic imine (C=N–C) groups is 1. The molecule has 8 heteroatoms. The predicted octanol–water partition coefficient (Wildman–Crippen LogP) is 2.42. The van der Waals surface area contributed by atoms with Crippen molar-refractivity contribution in [3.05, 3.63) is 50.4 Å². The Kier molecular flexibility index (Phi) is 4.61. The van der Waals surface area contributed by atoms with Gasteiger partial charge in [-0.2, -0.15) is 0 Å². The molecular formula is C22H28N5O3+. The Balaban J connectivity index is 1.44. The summed E-state index contributed by atoms with van der Waals surface area (Å²) in [7, 11) is 3.45. The molecular weight excluding hydrogens is 382 g/mol. The minimum Gasteiger partial charge on any atom is -0.496 e. The van der Waals surface area contributed by atoms with Crippen LogP contribution in [0.15, 0.2) is 28.0 Å². The molecule has 158 valence electrons. The van der Waals surface area contributed by atoms with E-state index in [1.54, 1.807) is 23.3 Å². The second-order valence-electron chi connectivity index (χ2n) is 8.64. The van der Waals surface area contributed by atoms with Gasteiger partial charge in [0.1, 0.15) is 11.4 Å². The summed E-state index contributed by atoms with van der Waals surface area (Å²) in [6.45, 7) is 3.39. The molecule has 1 fully saturated rings. The number of rotatable bonds is 4. The van der Waals surface area contributed by atoms with Crippen LogP contribution in [0.1, 0.15) is 48.5 Å². The highest BCUT2D eigenvalue weighted by Gasteiger charge is 2.41. The number of nitrogens with one attached hydrogen (secondary N) is 1. The number of imidazole rings is 1. The topological polar surface area (TPSA) is 80.6 Å². The molecule has 8 nitrogen and oxygen atoms in total. The van der Waals surface area contributed by atoms with Crippen molar-refractivity contribution in [2.75, 3.05) is 13.7 Å². The van der Waals surface area contributed by atoms with Crippen LogP contribution in [-0.4, -0.2) is 39.9 Å².